The number of fused-ring (bicyclic) bond motifs is 1. The number of amides is 1. The Morgan fingerprint density at radius 3 is 2.74 bits per heavy atom. The van der Waals surface area contributed by atoms with Gasteiger partial charge in [-0.3, -0.25) is 9.79 Å². The quantitative estimate of drug-likeness (QED) is 0.255. The Morgan fingerprint density at radius 1 is 1.26 bits per heavy atom. The Bertz CT molecular complexity index is 839. The number of aromatic nitrogens is 2. The van der Waals surface area contributed by atoms with Crippen LogP contribution in [0.4, 0.5) is 0 Å². The second-order valence-electron chi connectivity index (χ2n) is 7.85. The van der Waals surface area contributed by atoms with Gasteiger partial charge in [-0.25, -0.2) is 4.98 Å². The molecule has 0 bridgehead atoms. The number of hydrogen-bond donors (Lipinski definition) is 2. The summed E-state index contributed by atoms with van der Waals surface area (Å²) in [5.74, 6) is 2.10. The minimum absolute atomic E-state index is 0. The Morgan fingerprint density at radius 2 is 2.03 bits per heavy atom. The average Bonchev–Trinajstić information content (AvgIpc) is 3.45. The van der Waals surface area contributed by atoms with Gasteiger partial charge in [-0.05, 0) is 38.3 Å². The Hall–Kier alpha value is -1.88. The molecule has 8 nitrogen and oxygen atoms in total. The molecular formula is C22H33IN6O2. The van der Waals surface area contributed by atoms with Crippen molar-refractivity contribution in [3.8, 4) is 0 Å². The molecule has 1 amide bonds. The van der Waals surface area contributed by atoms with Crippen LogP contribution < -0.4 is 5.32 Å². The minimum Gasteiger partial charge on any atom is -0.368 e. The molecule has 2 fully saturated rings. The first kappa shape index (κ1) is 23.8. The Balaban J connectivity index is 0.00000272. The van der Waals surface area contributed by atoms with E-state index in [0.29, 0.717) is 6.61 Å². The molecule has 2 aliphatic rings. The Kier molecular flexibility index (Phi) is 8.94. The molecule has 1 unspecified atom stereocenters. The molecule has 0 radical (unpaired) electrons. The smallest absolute Gasteiger partial charge is 0.251 e. The first-order valence-electron chi connectivity index (χ1n) is 11.1. The highest BCUT2D eigenvalue weighted by Crippen LogP contribution is 2.16. The highest BCUT2D eigenvalue weighted by molar-refractivity contribution is 14.0. The fourth-order valence-corrected chi connectivity index (χ4v) is 4.10. The fraction of sp³-hybridized carbons (Fsp3) is 0.591. The molecule has 2 N–H and O–H groups in total. The van der Waals surface area contributed by atoms with Gasteiger partial charge in [0, 0.05) is 52.3 Å². The van der Waals surface area contributed by atoms with Crippen LogP contribution in [-0.2, 0) is 16.0 Å². The van der Waals surface area contributed by atoms with Crippen LogP contribution >= 0.6 is 24.0 Å². The van der Waals surface area contributed by atoms with Crippen molar-refractivity contribution in [2.75, 3.05) is 45.9 Å². The number of guanidine groups is 1. The van der Waals surface area contributed by atoms with Gasteiger partial charge in [0.2, 0.25) is 0 Å². The number of H-pyrrole nitrogens is 1. The number of hydrogen-bond acceptors (Lipinski definition) is 4. The molecule has 0 aliphatic carbocycles. The zero-order chi connectivity index (χ0) is 20.8. The molecule has 170 valence electrons. The summed E-state index contributed by atoms with van der Waals surface area (Å²) in [6, 6.07) is 8.11. The summed E-state index contributed by atoms with van der Waals surface area (Å²) in [6.45, 7) is 7.42. The third-order valence-corrected chi connectivity index (χ3v) is 5.70. The van der Waals surface area contributed by atoms with Crippen LogP contribution in [0.3, 0.4) is 0 Å². The topological polar surface area (TPSA) is 85.9 Å². The summed E-state index contributed by atoms with van der Waals surface area (Å²) in [5, 5.41) is 3.40. The lowest BCUT2D eigenvalue weighted by atomic mass is 10.2. The van der Waals surface area contributed by atoms with Crippen LogP contribution in [0.5, 0.6) is 0 Å². The second-order valence-corrected chi connectivity index (χ2v) is 7.85. The standard InChI is InChI=1S/C22H32N6O2.HI/c1-2-23-22(24-11-5-10-20-25-17-7-3-4-8-18(17)26-20)28-14-12-27(13-15-28)21(29)19-9-6-16-30-19;/h3-4,7-8,19H,2,5-6,9-16H2,1H3,(H,23,24)(H,25,26);1H. The van der Waals surface area contributed by atoms with Gasteiger partial charge in [-0.15, -0.1) is 24.0 Å². The summed E-state index contributed by atoms with van der Waals surface area (Å²) >= 11 is 0. The Labute approximate surface area is 200 Å². The van der Waals surface area contributed by atoms with Crippen molar-refractivity contribution in [3.05, 3.63) is 30.1 Å². The third-order valence-electron chi connectivity index (χ3n) is 5.70. The van der Waals surface area contributed by atoms with Crippen molar-refractivity contribution in [1.29, 1.82) is 0 Å². The van der Waals surface area contributed by atoms with E-state index in [0.717, 1.165) is 87.8 Å². The molecule has 9 heteroatoms. The largest absolute Gasteiger partial charge is 0.368 e. The number of rotatable bonds is 6. The molecule has 31 heavy (non-hydrogen) atoms. The van der Waals surface area contributed by atoms with E-state index in [-0.39, 0.29) is 36.0 Å². The van der Waals surface area contributed by atoms with Crippen LogP contribution in [0.25, 0.3) is 11.0 Å². The van der Waals surface area contributed by atoms with Gasteiger partial charge < -0.3 is 24.8 Å². The summed E-state index contributed by atoms with van der Waals surface area (Å²) in [7, 11) is 0. The number of aryl methyl sites for hydroxylation is 1. The number of carbonyl (C=O) groups excluding carboxylic acids is 1. The SMILES string of the molecule is CCNC(=NCCCc1nc2ccccc2[nH]1)N1CCN(C(=O)C2CCCO2)CC1.I. The van der Waals surface area contributed by atoms with Crippen molar-refractivity contribution in [1.82, 2.24) is 25.1 Å². The predicted molar refractivity (Wildman–Crippen MR) is 133 cm³/mol. The number of para-hydroxylation sites is 2. The summed E-state index contributed by atoms with van der Waals surface area (Å²) in [4.78, 5) is 29.6. The van der Waals surface area contributed by atoms with Crippen LogP contribution in [0.15, 0.2) is 29.3 Å². The fourth-order valence-electron chi connectivity index (χ4n) is 4.10. The monoisotopic (exact) mass is 540 g/mol. The van der Waals surface area contributed by atoms with E-state index in [1.807, 2.05) is 23.1 Å². The predicted octanol–water partition coefficient (Wildman–Crippen LogP) is 2.40. The lowest BCUT2D eigenvalue weighted by Gasteiger charge is -2.37. The number of piperazine rings is 1. The summed E-state index contributed by atoms with van der Waals surface area (Å²) in [6.07, 6.45) is 3.43. The number of carbonyl (C=O) groups is 1. The van der Waals surface area contributed by atoms with Gasteiger partial charge in [-0.2, -0.15) is 0 Å². The van der Waals surface area contributed by atoms with E-state index >= 15 is 0 Å². The van der Waals surface area contributed by atoms with Crippen molar-refractivity contribution in [2.24, 2.45) is 4.99 Å². The average molecular weight is 540 g/mol. The highest BCUT2D eigenvalue weighted by Gasteiger charge is 2.30. The molecular weight excluding hydrogens is 507 g/mol. The molecule has 0 saturated carbocycles. The highest BCUT2D eigenvalue weighted by atomic mass is 127. The zero-order valence-corrected chi connectivity index (χ0v) is 20.5. The normalized spacial score (nSPS) is 19.5. The van der Waals surface area contributed by atoms with Gasteiger partial charge in [0.1, 0.15) is 11.9 Å². The van der Waals surface area contributed by atoms with Crippen LogP contribution in [-0.4, -0.2) is 83.6 Å². The summed E-state index contributed by atoms with van der Waals surface area (Å²) in [5.41, 5.74) is 2.10. The number of imidazole rings is 1. The van der Waals surface area contributed by atoms with Crippen LogP contribution in [0.2, 0.25) is 0 Å². The van der Waals surface area contributed by atoms with Crippen molar-refractivity contribution in [3.63, 3.8) is 0 Å². The van der Waals surface area contributed by atoms with Gasteiger partial charge >= 0.3 is 0 Å². The number of nitrogens with zero attached hydrogens (tertiary/aromatic N) is 4. The van der Waals surface area contributed by atoms with E-state index in [1.165, 1.54) is 0 Å². The third kappa shape index (κ3) is 6.09. The number of ether oxygens (including phenoxy) is 1. The number of nitrogens with one attached hydrogen (secondary N) is 2. The van der Waals surface area contributed by atoms with Gasteiger partial charge in [0.15, 0.2) is 5.96 Å². The maximum atomic E-state index is 12.5. The van der Waals surface area contributed by atoms with Crippen molar-refractivity contribution < 1.29 is 9.53 Å². The number of benzene rings is 1. The first-order valence-corrected chi connectivity index (χ1v) is 11.1. The molecule has 0 spiro atoms. The maximum absolute atomic E-state index is 12.5. The van der Waals surface area contributed by atoms with E-state index in [4.69, 9.17) is 9.73 Å². The lowest BCUT2D eigenvalue weighted by Crippen LogP contribution is -2.55. The van der Waals surface area contributed by atoms with Gasteiger partial charge in [0.25, 0.3) is 5.91 Å². The molecule has 1 aromatic heterocycles. The molecule has 2 saturated heterocycles. The molecule has 3 heterocycles. The number of halogens is 1. The van der Waals surface area contributed by atoms with E-state index in [9.17, 15) is 4.79 Å². The van der Waals surface area contributed by atoms with Crippen LogP contribution in [0, 0.1) is 0 Å². The molecule has 4 rings (SSSR count). The first-order chi connectivity index (χ1) is 14.7. The van der Waals surface area contributed by atoms with Gasteiger partial charge in [-0.1, -0.05) is 12.1 Å². The molecule has 2 aromatic rings. The van der Waals surface area contributed by atoms with E-state index < -0.39 is 0 Å². The van der Waals surface area contributed by atoms with Crippen molar-refractivity contribution in [2.45, 2.75) is 38.7 Å². The van der Waals surface area contributed by atoms with E-state index in [1.54, 1.807) is 0 Å². The molecule has 2 aliphatic heterocycles. The van der Waals surface area contributed by atoms with Crippen LogP contribution in [0.1, 0.15) is 32.0 Å². The minimum atomic E-state index is -0.225. The second kappa shape index (κ2) is 11.7. The molecule has 1 aromatic carbocycles. The van der Waals surface area contributed by atoms with E-state index in [2.05, 4.69) is 33.2 Å². The zero-order valence-electron chi connectivity index (χ0n) is 18.2. The van der Waals surface area contributed by atoms with Crippen molar-refractivity contribution >= 4 is 46.9 Å². The lowest BCUT2D eigenvalue weighted by molar-refractivity contribution is -0.142. The number of aliphatic imine (C=N–C) groups is 1. The summed E-state index contributed by atoms with van der Waals surface area (Å²) < 4.78 is 5.55. The number of aromatic amines is 1. The molecule has 1 atom stereocenters. The maximum Gasteiger partial charge on any atom is 0.251 e. The van der Waals surface area contributed by atoms with Gasteiger partial charge in [0.05, 0.1) is 11.0 Å².